The lowest BCUT2D eigenvalue weighted by molar-refractivity contribution is 0.146. The molecule has 2 aromatic heterocycles. The number of fused-ring (bicyclic) bond motifs is 1. The first kappa shape index (κ1) is 16.8. The summed E-state index contributed by atoms with van der Waals surface area (Å²) in [7, 11) is 2.01. The quantitative estimate of drug-likeness (QED) is 0.706. The Labute approximate surface area is 148 Å². The fraction of sp³-hybridized carbons (Fsp3) is 0.263. The number of benzene rings is 1. The van der Waals surface area contributed by atoms with E-state index in [1.165, 1.54) is 24.4 Å². The normalized spacial score (nSPS) is 14.7. The highest BCUT2D eigenvalue weighted by molar-refractivity contribution is 5.83. The van der Waals surface area contributed by atoms with Crippen LogP contribution in [0.3, 0.4) is 0 Å². The Balaban J connectivity index is 1.92. The first-order chi connectivity index (χ1) is 12.5. The van der Waals surface area contributed by atoms with Crippen LogP contribution in [0.5, 0.6) is 0 Å². The third-order valence-electron chi connectivity index (χ3n) is 4.58. The van der Waals surface area contributed by atoms with E-state index >= 15 is 0 Å². The van der Waals surface area contributed by atoms with Crippen molar-refractivity contribution in [3.05, 3.63) is 59.8 Å². The maximum atomic E-state index is 13.3. The Bertz CT molecular complexity index is 934. The predicted molar refractivity (Wildman–Crippen MR) is 92.1 cm³/mol. The van der Waals surface area contributed by atoms with Gasteiger partial charge in [-0.1, -0.05) is 0 Å². The molecular formula is C19H17F3N4. The summed E-state index contributed by atoms with van der Waals surface area (Å²) in [6, 6.07) is 9.19. The van der Waals surface area contributed by atoms with E-state index in [2.05, 4.69) is 9.88 Å². The summed E-state index contributed by atoms with van der Waals surface area (Å²) in [6.45, 7) is 2.23. The number of hydrogen-bond acceptors (Lipinski definition) is 3. The molecule has 3 aromatic rings. The molecule has 0 fully saturated rings. The van der Waals surface area contributed by atoms with Gasteiger partial charge in [-0.25, -0.2) is 13.2 Å². The smallest absolute Gasteiger partial charge is 0.280 e. The molecule has 1 aromatic carbocycles. The van der Waals surface area contributed by atoms with Crippen LogP contribution in [0, 0.1) is 5.82 Å². The van der Waals surface area contributed by atoms with Crippen LogP contribution in [0.15, 0.2) is 42.6 Å². The first-order valence-corrected chi connectivity index (χ1v) is 8.31. The second kappa shape index (κ2) is 6.57. The fourth-order valence-corrected chi connectivity index (χ4v) is 3.28. The van der Waals surface area contributed by atoms with Gasteiger partial charge in [0.25, 0.3) is 6.43 Å². The van der Waals surface area contributed by atoms with Gasteiger partial charge in [0, 0.05) is 30.4 Å². The summed E-state index contributed by atoms with van der Waals surface area (Å²) in [5, 5.41) is 4.70. The van der Waals surface area contributed by atoms with Gasteiger partial charge in [-0.3, -0.25) is 14.6 Å². The van der Waals surface area contributed by atoms with Crippen LogP contribution < -0.4 is 0 Å². The topological polar surface area (TPSA) is 34.0 Å². The molecule has 0 N–H and O–H groups in total. The number of nitrogens with zero attached hydrogens (tertiary/aromatic N) is 4. The molecule has 0 saturated heterocycles. The van der Waals surface area contributed by atoms with Crippen molar-refractivity contribution < 1.29 is 13.2 Å². The van der Waals surface area contributed by atoms with E-state index in [4.69, 9.17) is 5.10 Å². The van der Waals surface area contributed by atoms with Crippen LogP contribution in [0.2, 0.25) is 0 Å². The molecule has 0 spiro atoms. The average molecular weight is 358 g/mol. The van der Waals surface area contributed by atoms with E-state index < -0.39 is 6.43 Å². The van der Waals surface area contributed by atoms with Gasteiger partial charge in [-0.05, 0) is 49.0 Å². The highest BCUT2D eigenvalue weighted by atomic mass is 19.3. The van der Waals surface area contributed by atoms with Crippen LogP contribution in [-0.2, 0) is 13.1 Å². The molecular weight excluding hydrogens is 341 g/mol. The minimum atomic E-state index is -2.64. The number of halogens is 3. The molecule has 1 aliphatic rings. The second-order valence-corrected chi connectivity index (χ2v) is 6.41. The maximum Gasteiger partial charge on any atom is 0.280 e. The molecule has 7 heteroatoms. The lowest BCUT2D eigenvalue weighted by atomic mass is 9.98. The Morgan fingerprint density at radius 1 is 1.04 bits per heavy atom. The maximum absolute atomic E-state index is 13.3. The van der Waals surface area contributed by atoms with Gasteiger partial charge >= 0.3 is 0 Å². The predicted octanol–water partition coefficient (Wildman–Crippen LogP) is 4.13. The molecule has 4 rings (SSSR count). The Kier molecular flexibility index (Phi) is 4.24. The van der Waals surface area contributed by atoms with Crippen LogP contribution in [0.4, 0.5) is 13.2 Å². The lowest BCUT2D eigenvalue weighted by Crippen LogP contribution is -2.30. The summed E-state index contributed by atoms with van der Waals surface area (Å²) in [5.74, 6) is -0.331. The second-order valence-electron chi connectivity index (χ2n) is 6.41. The van der Waals surface area contributed by atoms with Crippen LogP contribution >= 0.6 is 0 Å². The number of hydrogen-bond donors (Lipinski definition) is 0. The van der Waals surface area contributed by atoms with Gasteiger partial charge in [0.1, 0.15) is 17.2 Å². The van der Waals surface area contributed by atoms with E-state index in [1.54, 1.807) is 18.2 Å². The summed E-state index contributed by atoms with van der Waals surface area (Å²) in [6.07, 6.45) is -1.25. The van der Waals surface area contributed by atoms with Crippen molar-refractivity contribution in [3.8, 4) is 22.4 Å². The zero-order valence-electron chi connectivity index (χ0n) is 14.2. The van der Waals surface area contributed by atoms with Crippen LogP contribution in [-0.4, -0.2) is 33.3 Å². The van der Waals surface area contributed by atoms with E-state index in [0.717, 1.165) is 23.4 Å². The molecule has 0 unspecified atom stereocenters. The SMILES string of the molecule is CN1CCn2nc(-c3ccc(F)cc3)c(-c3ccnc(C(F)F)c3)c2C1. The molecule has 0 radical (unpaired) electrons. The van der Waals surface area contributed by atoms with E-state index in [0.29, 0.717) is 24.3 Å². The molecule has 0 amide bonds. The van der Waals surface area contributed by atoms with Crippen molar-refractivity contribution >= 4 is 0 Å². The minimum Gasteiger partial charge on any atom is -0.299 e. The highest BCUT2D eigenvalue weighted by Gasteiger charge is 2.25. The van der Waals surface area contributed by atoms with Gasteiger partial charge in [0.2, 0.25) is 0 Å². The van der Waals surface area contributed by atoms with Crippen molar-refractivity contribution in [2.45, 2.75) is 19.5 Å². The Morgan fingerprint density at radius 3 is 2.54 bits per heavy atom. The molecule has 0 aliphatic carbocycles. The van der Waals surface area contributed by atoms with E-state index in [-0.39, 0.29) is 11.5 Å². The molecule has 3 heterocycles. The van der Waals surface area contributed by atoms with Crippen molar-refractivity contribution in [1.29, 1.82) is 0 Å². The largest absolute Gasteiger partial charge is 0.299 e. The van der Waals surface area contributed by atoms with Crippen molar-refractivity contribution in [3.63, 3.8) is 0 Å². The number of aromatic nitrogens is 3. The number of pyridine rings is 1. The average Bonchev–Trinajstić information content (AvgIpc) is 3.01. The zero-order chi connectivity index (χ0) is 18.3. The van der Waals surface area contributed by atoms with Gasteiger partial charge < -0.3 is 0 Å². The molecule has 0 bridgehead atoms. The van der Waals surface area contributed by atoms with Crippen molar-refractivity contribution in [1.82, 2.24) is 19.7 Å². The van der Waals surface area contributed by atoms with E-state index in [1.807, 2.05) is 11.7 Å². The molecule has 26 heavy (non-hydrogen) atoms. The van der Waals surface area contributed by atoms with Gasteiger partial charge in [0.05, 0.1) is 12.2 Å². The standard InChI is InChI=1S/C19H17F3N4/c1-25-8-9-26-16(11-25)17(13-6-7-23-15(10-13)19(21)22)18(24-26)12-2-4-14(20)5-3-12/h2-7,10,19H,8-9,11H2,1H3. The minimum absolute atomic E-state index is 0.267. The van der Waals surface area contributed by atoms with Crippen molar-refractivity contribution in [2.75, 3.05) is 13.6 Å². The number of alkyl halides is 2. The van der Waals surface area contributed by atoms with Gasteiger partial charge in [-0.15, -0.1) is 0 Å². The first-order valence-electron chi connectivity index (χ1n) is 8.31. The molecule has 4 nitrogen and oxygen atoms in total. The van der Waals surface area contributed by atoms with Crippen LogP contribution in [0.25, 0.3) is 22.4 Å². The fourth-order valence-electron chi connectivity index (χ4n) is 3.28. The molecule has 0 saturated carbocycles. The lowest BCUT2D eigenvalue weighted by Gasteiger charge is -2.24. The Morgan fingerprint density at radius 2 is 1.81 bits per heavy atom. The van der Waals surface area contributed by atoms with E-state index in [9.17, 15) is 13.2 Å². The van der Waals surface area contributed by atoms with Crippen molar-refractivity contribution in [2.24, 2.45) is 0 Å². The molecule has 1 aliphatic heterocycles. The summed E-state index contributed by atoms with van der Waals surface area (Å²) in [5.41, 5.74) is 3.56. The third kappa shape index (κ3) is 2.99. The third-order valence-corrected chi connectivity index (χ3v) is 4.58. The summed E-state index contributed by atoms with van der Waals surface area (Å²) >= 11 is 0. The molecule has 0 atom stereocenters. The number of rotatable bonds is 3. The Hall–Kier alpha value is -2.67. The summed E-state index contributed by atoms with van der Waals surface area (Å²) in [4.78, 5) is 5.91. The van der Waals surface area contributed by atoms with Gasteiger partial charge in [0.15, 0.2) is 0 Å². The summed E-state index contributed by atoms with van der Waals surface area (Å²) < 4.78 is 41.5. The number of likely N-dealkylation sites (N-methyl/N-ethyl adjacent to an activating group) is 1. The van der Waals surface area contributed by atoms with Crippen LogP contribution in [0.1, 0.15) is 17.8 Å². The molecule has 134 valence electrons. The monoisotopic (exact) mass is 358 g/mol. The van der Waals surface area contributed by atoms with Gasteiger partial charge in [-0.2, -0.15) is 5.10 Å². The zero-order valence-corrected chi connectivity index (χ0v) is 14.2. The highest BCUT2D eigenvalue weighted by Crippen LogP contribution is 2.37.